The molecule has 238 valence electrons. The second kappa shape index (κ2) is 13.7. The summed E-state index contributed by atoms with van der Waals surface area (Å²) in [7, 11) is 0. The molecule has 0 radical (unpaired) electrons. The van der Waals surface area contributed by atoms with Gasteiger partial charge in [-0.25, -0.2) is 4.39 Å². The summed E-state index contributed by atoms with van der Waals surface area (Å²) >= 11 is 0. The normalized spacial score (nSPS) is 33.1. The molecular weight excluding hydrogens is 545 g/mol. The Bertz CT molecular complexity index is 1140. The molecule has 0 aromatic rings. The van der Waals surface area contributed by atoms with Crippen LogP contribution in [0, 0.1) is 17.8 Å². The second-order valence-corrected chi connectivity index (χ2v) is 13.7. The summed E-state index contributed by atoms with van der Waals surface area (Å²) in [5, 5.41) is 10.3. The average Bonchev–Trinajstić information content (AvgIpc) is 3.22. The Labute approximate surface area is 256 Å². The molecule has 4 aliphatic heterocycles. The molecule has 0 spiro atoms. The lowest BCUT2D eigenvalue weighted by molar-refractivity contribution is -0.130. The van der Waals surface area contributed by atoms with Gasteiger partial charge in [-0.05, 0) is 67.9 Å². The quantitative estimate of drug-likeness (QED) is 0.298. The molecule has 4 heterocycles. The number of hydrogen-bond donors (Lipinski definition) is 5. The molecule has 2 saturated carbocycles. The minimum absolute atomic E-state index is 0.0500. The van der Waals surface area contributed by atoms with Crippen LogP contribution in [-0.4, -0.2) is 79.1 Å². The molecule has 4 atom stereocenters. The summed E-state index contributed by atoms with van der Waals surface area (Å²) in [6, 6.07) is 0.0165. The van der Waals surface area contributed by atoms with Gasteiger partial charge in [0.2, 0.25) is 11.8 Å². The van der Waals surface area contributed by atoms with E-state index in [1.165, 1.54) is 48.9 Å². The van der Waals surface area contributed by atoms with E-state index in [0.717, 1.165) is 70.4 Å². The van der Waals surface area contributed by atoms with Gasteiger partial charge < -0.3 is 37.2 Å². The highest BCUT2D eigenvalue weighted by molar-refractivity contribution is 5.83. The lowest BCUT2D eigenvalue weighted by Crippen LogP contribution is -2.60. The number of fused-ring (bicyclic) bond motifs is 2. The summed E-state index contributed by atoms with van der Waals surface area (Å²) < 4.78 is 14.7. The summed E-state index contributed by atoms with van der Waals surface area (Å²) in [4.78, 5) is 31.3. The van der Waals surface area contributed by atoms with Crippen molar-refractivity contribution < 1.29 is 14.0 Å². The molecule has 43 heavy (non-hydrogen) atoms. The number of carbonyl (C=O) groups is 2. The molecule has 2 aliphatic carbocycles. The molecule has 3 unspecified atom stereocenters. The van der Waals surface area contributed by atoms with E-state index in [9.17, 15) is 14.0 Å². The number of halogens is 1. The predicted molar refractivity (Wildman–Crippen MR) is 166 cm³/mol. The third kappa shape index (κ3) is 6.66. The van der Waals surface area contributed by atoms with Crippen molar-refractivity contribution in [3.05, 3.63) is 34.4 Å². The second-order valence-electron chi connectivity index (χ2n) is 13.7. The molecule has 0 bridgehead atoms. The van der Waals surface area contributed by atoms with Crippen LogP contribution in [0.4, 0.5) is 4.39 Å². The molecular formula is C33H52FN7O2. The third-order valence-corrected chi connectivity index (χ3v) is 11.0. The lowest BCUT2D eigenvalue weighted by Gasteiger charge is -2.46. The van der Waals surface area contributed by atoms with Crippen LogP contribution >= 0.6 is 0 Å². The van der Waals surface area contributed by atoms with Crippen molar-refractivity contribution in [2.75, 3.05) is 39.3 Å². The van der Waals surface area contributed by atoms with E-state index in [0.29, 0.717) is 25.3 Å². The minimum Gasteiger partial charge on any atom is -0.381 e. The van der Waals surface area contributed by atoms with Crippen LogP contribution in [0.2, 0.25) is 0 Å². The van der Waals surface area contributed by atoms with Crippen LogP contribution in [0.25, 0.3) is 0 Å². The smallest absolute Gasteiger partial charge is 0.232 e. The molecule has 7 N–H and O–H groups in total. The van der Waals surface area contributed by atoms with E-state index in [1.54, 1.807) is 6.08 Å². The number of allylic oxidation sites excluding steroid dienone is 2. The largest absolute Gasteiger partial charge is 0.381 e. The van der Waals surface area contributed by atoms with Gasteiger partial charge in [0.25, 0.3) is 0 Å². The molecule has 0 aromatic heterocycles. The summed E-state index contributed by atoms with van der Waals surface area (Å²) in [6.07, 6.45) is 14.2. The van der Waals surface area contributed by atoms with Crippen LogP contribution < -0.4 is 27.4 Å². The number of hydrogen-bond acceptors (Lipinski definition) is 7. The SMILES string of the molecule is NC(N)C(C(=O)NC1CNCC(C2CCCCC2)=C1N1CCN2C(=O)CC[C@H]2C1)/C1=C2\CCCCCC2C/C=C(/F)CN1. The van der Waals surface area contributed by atoms with Crippen molar-refractivity contribution >= 4 is 11.8 Å². The van der Waals surface area contributed by atoms with Crippen molar-refractivity contribution in [1.82, 2.24) is 25.8 Å². The topological polar surface area (TPSA) is 129 Å². The Morgan fingerprint density at radius 2 is 1.72 bits per heavy atom. The first-order chi connectivity index (χ1) is 20.9. The predicted octanol–water partition coefficient (Wildman–Crippen LogP) is 2.76. The highest BCUT2D eigenvalue weighted by Crippen LogP contribution is 2.38. The maximum atomic E-state index is 14.7. The first kappa shape index (κ1) is 30.6. The molecule has 2 saturated heterocycles. The van der Waals surface area contributed by atoms with Crippen LogP contribution in [-0.2, 0) is 9.59 Å². The number of rotatable bonds is 6. The zero-order valence-electron chi connectivity index (χ0n) is 25.7. The number of nitrogens with two attached hydrogens (primary N) is 2. The molecule has 9 nitrogen and oxygen atoms in total. The molecule has 2 amide bonds. The van der Waals surface area contributed by atoms with Gasteiger partial charge in [-0.15, -0.1) is 0 Å². The monoisotopic (exact) mass is 597 g/mol. The summed E-state index contributed by atoms with van der Waals surface area (Å²) in [6.45, 7) is 3.84. The first-order valence-electron chi connectivity index (χ1n) is 17.0. The van der Waals surface area contributed by atoms with E-state index >= 15 is 0 Å². The van der Waals surface area contributed by atoms with E-state index in [1.807, 2.05) is 0 Å². The van der Waals surface area contributed by atoms with Crippen LogP contribution in [0.15, 0.2) is 34.4 Å². The van der Waals surface area contributed by atoms with Gasteiger partial charge in [0.1, 0.15) is 11.7 Å². The highest BCUT2D eigenvalue weighted by Gasteiger charge is 2.41. The minimum atomic E-state index is -0.916. The Kier molecular flexibility index (Phi) is 9.74. The van der Waals surface area contributed by atoms with Gasteiger partial charge >= 0.3 is 0 Å². The van der Waals surface area contributed by atoms with Gasteiger partial charge in [-0.3, -0.25) is 9.59 Å². The van der Waals surface area contributed by atoms with Crippen molar-refractivity contribution in [3.8, 4) is 0 Å². The highest BCUT2D eigenvalue weighted by atomic mass is 19.1. The Balaban J connectivity index is 1.30. The van der Waals surface area contributed by atoms with Gasteiger partial charge in [-0.1, -0.05) is 38.2 Å². The van der Waals surface area contributed by atoms with Gasteiger partial charge in [0, 0.05) is 56.6 Å². The molecule has 6 rings (SSSR count). The molecule has 6 aliphatic rings. The summed E-state index contributed by atoms with van der Waals surface area (Å²) in [5.74, 6) is -0.209. The molecule has 10 heteroatoms. The zero-order valence-corrected chi connectivity index (χ0v) is 25.7. The third-order valence-electron chi connectivity index (χ3n) is 11.0. The Hall–Kier alpha value is -2.43. The number of nitrogens with one attached hydrogen (secondary N) is 3. The van der Waals surface area contributed by atoms with Gasteiger partial charge in [0.15, 0.2) is 0 Å². The number of amides is 2. The Morgan fingerprint density at radius 3 is 2.51 bits per heavy atom. The maximum absolute atomic E-state index is 14.7. The van der Waals surface area contributed by atoms with Crippen molar-refractivity contribution in [1.29, 1.82) is 0 Å². The van der Waals surface area contributed by atoms with Crippen molar-refractivity contribution in [2.45, 2.75) is 102 Å². The Morgan fingerprint density at radius 1 is 0.953 bits per heavy atom. The average molecular weight is 598 g/mol. The standard InChI is InChI=1S/C33H52FN7O2/c34-23-12-11-22-9-5-2-6-10-25(22)30(38-17-23)29(32(35)36)33(43)39-27-19-37-18-26(21-7-3-1-4-8-21)31(27)40-15-16-41-24(20-40)13-14-28(41)42/h12,21-22,24,27,29,32,37-38H,1-11,13-20,35-36H2,(H,39,43)/b23-12+,30-25-/t22?,24-,27?,29?/m0/s1. The lowest BCUT2D eigenvalue weighted by atomic mass is 9.80. The fourth-order valence-corrected chi connectivity index (χ4v) is 8.77. The maximum Gasteiger partial charge on any atom is 0.232 e. The van der Waals surface area contributed by atoms with E-state index in [2.05, 4.69) is 25.8 Å². The first-order valence-corrected chi connectivity index (χ1v) is 17.0. The molecule has 0 aromatic carbocycles. The fourth-order valence-electron chi connectivity index (χ4n) is 8.77. The van der Waals surface area contributed by atoms with Crippen LogP contribution in [0.1, 0.15) is 83.5 Å². The van der Waals surface area contributed by atoms with Gasteiger partial charge in [-0.2, -0.15) is 0 Å². The fraction of sp³-hybridized carbons (Fsp3) is 0.758. The van der Waals surface area contributed by atoms with E-state index in [4.69, 9.17) is 11.5 Å². The summed E-state index contributed by atoms with van der Waals surface area (Å²) in [5.41, 5.74) is 17.4. The van der Waals surface area contributed by atoms with Crippen LogP contribution in [0.3, 0.4) is 0 Å². The zero-order chi connectivity index (χ0) is 29.9. The van der Waals surface area contributed by atoms with E-state index < -0.39 is 12.1 Å². The number of nitrogens with zero attached hydrogens (tertiary/aromatic N) is 2. The molecule has 4 fully saturated rings. The van der Waals surface area contributed by atoms with Crippen molar-refractivity contribution in [3.63, 3.8) is 0 Å². The van der Waals surface area contributed by atoms with Gasteiger partial charge in [0.05, 0.1) is 18.8 Å². The van der Waals surface area contributed by atoms with E-state index in [-0.39, 0.29) is 42.2 Å². The van der Waals surface area contributed by atoms with Crippen molar-refractivity contribution in [2.24, 2.45) is 29.2 Å². The number of piperazine rings is 1. The van der Waals surface area contributed by atoms with Crippen LogP contribution in [0.5, 0.6) is 0 Å². The number of carbonyl (C=O) groups excluding carboxylic acids is 2.